The number of hydrogen-bond acceptors (Lipinski definition) is 6. The molecule has 4 heterocycles. The molecule has 0 unspecified atom stereocenters. The van der Waals surface area contributed by atoms with E-state index in [0.29, 0.717) is 53.7 Å². The van der Waals surface area contributed by atoms with Crippen LogP contribution in [-0.2, 0) is 24.3 Å². The zero-order valence-electron chi connectivity index (χ0n) is 25.7. The molecule has 1 saturated heterocycles. The van der Waals surface area contributed by atoms with Crippen molar-refractivity contribution >= 4 is 51.7 Å². The lowest BCUT2D eigenvalue weighted by atomic mass is 9.69. The Bertz CT molecular complexity index is 2140. The lowest BCUT2D eigenvalue weighted by molar-refractivity contribution is -0.129. The Kier molecular flexibility index (Phi) is 7.44. The molecule has 3 N–H and O–H groups in total. The second-order valence-electron chi connectivity index (χ2n) is 12.5. The summed E-state index contributed by atoms with van der Waals surface area (Å²) in [6.45, 7) is 3.28. The number of aromatic nitrogens is 2. The molecule has 0 aliphatic carbocycles. The first-order valence-electron chi connectivity index (χ1n) is 15.7. The third-order valence-electron chi connectivity index (χ3n) is 10.1. The normalized spacial score (nSPS) is 22.8. The monoisotopic (exact) mass is 685 g/mol. The highest BCUT2D eigenvalue weighted by atomic mass is 35.5. The summed E-state index contributed by atoms with van der Waals surface area (Å²) in [5.41, 5.74) is 4.79. The zero-order chi connectivity index (χ0) is 33.3. The summed E-state index contributed by atoms with van der Waals surface area (Å²) < 4.78 is 24.3. The van der Waals surface area contributed by atoms with Gasteiger partial charge in [0.1, 0.15) is 22.9 Å². The molecule has 8 rings (SSSR count). The molecule has 0 radical (unpaired) electrons. The minimum absolute atomic E-state index is 0.0309. The molecule has 4 atom stereocenters. The van der Waals surface area contributed by atoms with Crippen molar-refractivity contribution in [3.63, 3.8) is 0 Å². The van der Waals surface area contributed by atoms with Crippen LogP contribution in [0.4, 0.5) is 10.1 Å². The summed E-state index contributed by atoms with van der Waals surface area (Å²) in [6.07, 6.45) is 0.293. The van der Waals surface area contributed by atoms with Crippen LogP contribution in [0.5, 0.6) is 5.75 Å². The Morgan fingerprint density at radius 2 is 1.96 bits per heavy atom. The third-order valence-corrected chi connectivity index (χ3v) is 10.6. The number of halogens is 3. The van der Waals surface area contributed by atoms with E-state index in [9.17, 15) is 14.8 Å². The molecule has 3 aliphatic heterocycles. The fraction of sp³-hybridized carbons (Fsp3) is 0.250. The average Bonchev–Trinajstić information content (AvgIpc) is 3.69. The fourth-order valence-corrected chi connectivity index (χ4v) is 8.53. The van der Waals surface area contributed by atoms with Crippen molar-refractivity contribution in [2.45, 2.75) is 49.9 Å². The second-order valence-corrected chi connectivity index (χ2v) is 13.3. The van der Waals surface area contributed by atoms with Crippen molar-refractivity contribution in [3.8, 4) is 5.75 Å². The van der Waals surface area contributed by atoms with Gasteiger partial charge in [0.25, 0.3) is 5.91 Å². The molecule has 0 saturated carbocycles. The first kappa shape index (κ1) is 30.8. The van der Waals surface area contributed by atoms with Crippen LogP contribution in [0.2, 0.25) is 10.0 Å². The van der Waals surface area contributed by atoms with Crippen LogP contribution in [0.1, 0.15) is 51.6 Å². The fourth-order valence-electron chi connectivity index (χ4n) is 8.18. The maximum absolute atomic E-state index is 16.4. The van der Waals surface area contributed by atoms with E-state index in [2.05, 4.69) is 14.8 Å². The van der Waals surface area contributed by atoms with Gasteiger partial charge in [-0.25, -0.2) is 14.9 Å². The number of carbonyl (C=O) groups excluding carboxylic acids is 2. The SMILES string of the molecule is CCOc1cccc(CN2[C@H]3Cn4c(nc5cc(C(=O)NO)ccc54)[C@H]3[C@H](c3cccc(Cl)c3F)[C@@]23Cc2ccc(Cl)cc2NC3=O)c1. The molecule has 1 spiro atoms. The number of anilines is 1. The molecule has 0 bridgehead atoms. The van der Waals surface area contributed by atoms with Crippen molar-refractivity contribution in [2.75, 3.05) is 11.9 Å². The summed E-state index contributed by atoms with van der Waals surface area (Å²) in [5.74, 6) is -1.23. The van der Waals surface area contributed by atoms with Gasteiger partial charge in [0.2, 0.25) is 5.91 Å². The lowest BCUT2D eigenvalue weighted by Crippen LogP contribution is -2.61. The lowest BCUT2D eigenvalue weighted by Gasteiger charge is -2.46. The molecular weight excluding hydrogens is 656 g/mol. The van der Waals surface area contributed by atoms with Gasteiger partial charge in [-0.1, -0.05) is 53.5 Å². The van der Waals surface area contributed by atoms with Gasteiger partial charge >= 0.3 is 0 Å². The molecule has 2 amide bonds. The number of likely N-dealkylation sites (tertiary alicyclic amines) is 1. The van der Waals surface area contributed by atoms with E-state index >= 15 is 4.39 Å². The standard InChI is InChI=1S/C36H30Cl2FN5O4/c1-2-48-23-6-3-5-19(13-23)17-44-29-18-43-28-12-10-20(34(45)42-47)14-27(28)40-33(43)30(29)31(24-7-4-8-25(38)32(24)39)36(44)16-21-9-11-22(37)15-26(21)41-35(36)46/h3-15,29-31,47H,2,16-18H2,1H3,(H,41,46)(H,42,45)/t29-,30+,31-,36+/m0/s1. The summed E-state index contributed by atoms with van der Waals surface area (Å²) in [7, 11) is 0. The minimum atomic E-state index is -1.26. The van der Waals surface area contributed by atoms with Crippen LogP contribution in [-0.4, -0.2) is 49.7 Å². The highest BCUT2D eigenvalue weighted by Crippen LogP contribution is 2.60. The van der Waals surface area contributed by atoms with Gasteiger partial charge in [0.15, 0.2) is 0 Å². The quantitative estimate of drug-likeness (QED) is 0.136. The Morgan fingerprint density at radius 1 is 1.12 bits per heavy atom. The second kappa shape index (κ2) is 11.6. The van der Waals surface area contributed by atoms with Crippen LogP contribution in [0.15, 0.2) is 78.9 Å². The Morgan fingerprint density at radius 3 is 2.77 bits per heavy atom. The maximum atomic E-state index is 16.4. The van der Waals surface area contributed by atoms with Gasteiger partial charge in [-0.3, -0.25) is 19.7 Å². The van der Waals surface area contributed by atoms with Gasteiger partial charge < -0.3 is 14.6 Å². The van der Waals surface area contributed by atoms with E-state index in [1.54, 1.807) is 47.9 Å². The van der Waals surface area contributed by atoms with Crippen LogP contribution in [0, 0.1) is 5.82 Å². The topological polar surface area (TPSA) is 109 Å². The largest absolute Gasteiger partial charge is 0.494 e. The summed E-state index contributed by atoms with van der Waals surface area (Å²) in [4.78, 5) is 34.3. The number of hydrogen-bond donors (Lipinski definition) is 3. The predicted molar refractivity (Wildman–Crippen MR) is 179 cm³/mol. The third kappa shape index (κ3) is 4.62. The minimum Gasteiger partial charge on any atom is -0.494 e. The summed E-state index contributed by atoms with van der Waals surface area (Å²) in [6, 6.07) is 23.0. The Hall–Kier alpha value is -4.48. The van der Waals surface area contributed by atoms with Gasteiger partial charge in [-0.05, 0) is 72.1 Å². The molecule has 3 aliphatic rings. The first-order chi connectivity index (χ1) is 23.2. The number of ether oxygens (including phenoxy) is 1. The van der Waals surface area contributed by atoms with Gasteiger partial charge in [0.05, 0.1) is 22.7 Å². The number of amides is 2. The van der Waals surface area contributed by atoms with Crippen molar-refractivity contribution in [3.05, 3.63) is 123 Å². The van der Waals surface area contributed by atoms with Gasteiger partial charge in [0, 0.05) is 53.7 Å². The van der Waals surface area contributed by atoms with Crippen molar-refractivity contribution in [1.82, 2.24) is 19.9 Å². The van der Waals surface area contributed by atoms with Crippen LogP contribution < -0.4 is 15.5 Å². The number of imidazole rings is 1. The number of nitrogens with one attached hydrogen (secondary N) is 2. The van der Waals surface area contributed by atoms with Crippen molar-refractivity contribution in [1.29, 1.82) is 0 Å². The molecule has 1 aromatic heterocycles. The van der Waals surface area contributed by atoms with E-state index in [0.717, 1.165) is 22.4 Å². The van der Waals surface area contributed by atoms with Crippen LogP contribution >= 0.6 is 23.2 Å². The molecule has 48 heavy (non-hydrogen) atoms. The molecule has 244 valence electrons. The highest BCUT2D eigenvalue weighted by molar-refractivity contribution is 6.31. The Balaban J connectivity index is 1.36. The molecule has 4 aromatic carbocycles. The predicted octanol–water partition coefficient (Wildman–Crippen LogP) is 6.70. The number of rotatable bonds is 6. The van der Waals surface area contributed by atoms with Gasteiger partial charge in [-0.15, -0.1) is 0 Å². The zero-order valence-corrected chi connectivity index (χ0v) is 27.2. The molecular formula is C36H30Cl2FN5O4. The van der Waals surface area contributed by atoms with E-state index < -0.39 is 29.1 Å². The smallest absolute Gasteiger partial charge is 0.274 e. The molecule has 1 fully saturated rings. The van der Waals surface area contributed by atoms with Gasteiger partial charge in [-0.2, -0.15) is 0 Å². The maximum Gasteiger partial charge on any atom is 0.274 e. The first-order valence-corrected chi connectivity index (χ1v) is 16.5. The molecule has 5 aromatic rings. The van der Waals surface area contributed by atoms with Crippen LogP contribution in [0.25, 0.3) is 11.0 Å². The van der Waals surface area contributed by atoms with Crippen LogP contribution in [0.3, 0.4) is 0 Å². The van der Waals surface area contributed by atoms with E-state index in [4.69, 9.17) is 32.9 Å². The summed E-state index contributed by atoms with van der Waals surface area (Å²) in [5, 5.41) is 12.8. The van der Waals surface area contributed by atoms with Crippen molar-refractivity contribution in [2.24, 2.45) is 0 Å². The number of fused-ring (bicyclic) bond motifs is 6. The molecule has 9 nitrogen and oxygen atoms in total. The number of carbonyl (C=O) groups is 2. The highest BCUT2D eigenvalue weighted by Gasteiger charge is 2.67. The van der Waals surface area contributed by atoms with E-state index in [1.807, 2.05) is 37.3 Å². The summed E-state index contributed by atoms with van der Waals surface area (Å²) >= 11 is 12.8. The number of nitrogens with zero attached hydrogens (tertiary/aromatic N) is 3. The number of benzene rings is 4. The number of hydroxylamine groups is 1. The van der Waals surface area contributed by atoms with E-state index in [-0.39, 0.29) is 22.5 Å². The molecule has 12 heteroatoms. The Labute approximate surface area is 285 Å². The van der Waals surface area contributed by atoms with E-state index in [1.165, 1.54) is 6.07 Å². The van der Waals surface area contributed by atoms with Crippen molar-refractivity contribution < 1.29 is 23.9 Å². The average molecular weight is 687 g/mol.